The van der Waals surface area contributed by atoms with Crippen molar-refractivity contribution in [1.29, 1.82) is 0 Å². The normalized spacial score (nSPS) is 14.4. The van der Waals surface area contributed by atoms with Crippen LogP contribution < -0.4 is 28.4 Å². The molecule has 10 nitrogen and oxygen atoms in total. The molecule has 1 aliphatic carbocycles. The Morgan fingerprint density at radius 1 is 0.651 bits per heavy atom. The van der Waals surface area contributed by atoms with E-state index in [1.54, 1.807) is 42.6 Å². The van der Waals surface area contributed by atoms with Gasteiger partial charge in [0, 0.05) is 32.7 Å². The van der Waals surface area contributed by atoms with E-state index < -0.39 is 11.4 Å². The van der Waals surface area contributed by atoms with Crippen LogP contribution in [0.5, 0.6) is 34.5 Å². The fourth-order valence-electron chi connectivity index (χ4n) is 5.90. The average Bonchev–Trinajstić information content (AvgIpc) is 3.65. The summed E-state index contributed by atoms with van der Waals surface area (Å²) in [6, 6.07) is 13.9. The second-order valence-electron chi connectivity index (χ2n) is 9.67. The van der Waals surface area contributed by atoms with Crippen molar-refractivity contribution in [2.24, 2.45) is 5.10 Å². The van der Waals surface area contributed by atoms with Crippen LogP contribution in [0.4, 0.5) is 0 Å². The molecular formula is C32H28N2O8S. The lowest BCUT2D eigenvalue weighted by Crippen LogP contribution is -2.47. The van der Waals surface area contributed by atoms with Crippen molar-refractivity contribution in [3.05, 3.63) is 92.2 Å². The first-order valence-corrected chi connectivity index (χ1v) is 14.0. The topological polar surface area (TPSA) is 105 Å². The number of amides is 1. The van der Waals surface area contributed by atoms with E-state index in [0.717, 1.165) is 4.88 Å². The van der Waals surface area contributed by atoms with Gasteiger partial charge in [0.25, 0.3) is 5.91 Å². The number of fused-ring (bicyclic) bond motifs is 6. The molecule has 0 atom stereocenters. The first-order valence-electron chi connectivity index (χ1n) is 13.1. The molecule has 11 heteroatoms. The Morgan fingerprint density at radius 2 is 1.07 bits per heavy atom. The number of nitrogens with zero attached hydrogens (tertiary/aromatic N) is 2. The van der Waals surface area contributed by atoms with Crippen LogP contribution in [0.3, 0.4) is 0 Å². The Balaban J connectivity index is 1.81. The summed E-state index contributed by atoms with van der Waals surface area (Å²) in [6.07, 6.45) is 1.63. The summed E-state index contributed by atoms with van der Waals surface area (Å²) in [5, 5.41) is 8.12. The van der Waals surface area contributed by atoms with Gasteiger partial charge in [-0.1, -0.05) is 6.07 Å². The Hall–Kier alpha value is -5.03. The van der Waals surface area contributed by atoms with Crippen LogP contribution in [0.1, 0.15) is 47.8 Å². The van der Waals surface area contributed by atoms with Gasteiger partial charge in [-0.3, -0.25) is 9.59 Å². The highest BCUT2D eigenvalue weighted by Gasteiger charge is 2.58. The van der Waals surface area contributed by atoms with E-state index in [0.29, 0.717) is 67.9 Å². The smallest absolute Gasteiger partial charge is 0.276 e. The van der Waals surface area contributed by atoms with Crippen molar-refractivity contribution >= 4 is 29.2 Å². The average molecular weight is 601 g/mol. The van der Waals surface area contributed by atoms with Crippen LogP contribution in [0.25, 0.3) is 0 Å². The number of hydrazone groups is 1. The highest BCUT2D eigenvalue weighted by atomic mass is 32.1. The van der Waals surface area contributed by atoms with E-state index >= 15 is 0 Å². The largest absolute Gasteiger partial charge is 0.493 e. The molecule has 4 aromatic rings. The predicted molar refractivity (Wildman–Crippen MR) is 160 cm³/mol. The molecule has 0 bridgehead atoms. The van der Waals surface area contributed by atoms with Crippen molar-refractivity contribution in [1.82, 2.24) is 5.01 Å². The van der Waals surface area contributed by atoms with E-state index in [1.165, 1.54) is 59.0 Å². The molecule has 220 valence electrons. The minimum absolute atomic E-state index is 0.291. The number of ether oxygens (including phenoxy) is 6. The molecule has 1 amide bonds. The second-order valence-corrected chi connectivity index (χ2v) is 10.7. The summed E-state index contributed by atoms with van der Waals surface area (Å²) in [4.78, 5) is 29.6. The zero-order valence-electron chi connectivity index (χ0n) is 24.3. The van der Waals surface area contributed by atoms with Gasteiger partial charge in [0.1, 0.15) is 5.54 Å². The third-order valence-electron chi connectivity index (χ3n) is 7.81. The number of carbonyl (C=O) groups is 2. The zero-order valence-corrected chi connectivity index (χ0v) is 25.2. The first-order chi connectivity index (χ1) is 20.9. The van der Waals surface area contributed by atoms with Crippen molar-refractivity contribution in [3.63, 3.8) is 0 Å². The fraction of sp³-hybridized carbons (Fsp3) is 0.219. The molecule has 43 heavy (non-hydrogen) atoms. The maximum atomic E-state index is 14.5. The van der Waals surface area contributed by atoms with E-state index in [-0.39, 0.29) is 5.78 Å². The minimum atomic E-state index is -1.46. The summed E-state index contributed by atoms with van der Waals surface area (Å²) >= 11 is 1.48. The summed E-state index contributed by atoms with van der Waals surface area (Å²) in [6.45, 7) is 0. The lowest BCUT2D eigenvalue weighted by Gasteiger charge is -2.42. The van der Waals surface area contributed by atoms with Crippen LogP contribution in [-0.4, -0.2) is 65.6 Å². The molecule has 0 N–H and O–H groups in total. The van der Waals surface area contributed by atoms with Gasteiger partial charge in [-0.15, -0.1) is 11.3 Å². The highest BCUT2D eigenvalue weighted by Crippen LogP contribution is 2.58. The number of thiophene rings is 1. The Bertz CT molecular complexity index is 1730. The van der Waals surface area contributed by atoms with Crippen molar-refractivity contribution < 1.29 is 38.0 Å². The number of methoxy groups -OCH3 is 6. The van der Waals surface area contributed by atoms with Crippen LogP contribution >= 0.6 is 11.3 Å². The number of hydrogen-bond donors (Lipinski definition) is 0. The molecule has 1 spiro atoms. The first kappa shape index (κ1) is 28.1. The SMILES string of the molecule is COc1cc2c(cc1OC)C1(c3cc(OC)c(OC)cc3C2=O)c2cc(OC)c(OC)cc2C(=O)N1/N=C/c1cccs1. The predicted octanol–water partition coefficient (Wildman–Crippen LogP) is 5.13. The van der Waals surface area contributed by atoms with E-state index in [2.05, 4.69) is 0 Å². The Kier molecular flexibility index (Phi) is 6.97. The number of benzene rings is 3. The van der Waals surface area contributed by atoms with Crippen molar-refractivity contribution in [3.8, 4) is 34.5 Å². The summed E-state index contributed by atoms with van der Waals surface area (Å²) in [5.41, 5.74) is 0.963. The number of ketones is 1. The van der Waals surface area contributed by atoms with Gasteiger partial charge in [0.2, 0.25) is 0 Å². The standard InChI is InChI=1S/C32H28N2O8S/c1-37-24-10-18-21(13-27(24)40-4)32(22-14-28(41-5)25(38-2)11-19(22)30(18)35)23-15-29(42-6)26(39-3)12-20(23)31(36)34(32)33-16-17-8-7-9-43-17/h7-16H,1-6H3/b33-16+. The van der Waals surface area contributed by atoms with Crippen LogP contribution in [0.15, 0.2) is 59.0 Å². The van der Waals surface area contributed by atoms with Gasteiger partial charge < -0.3 is 28.4 Å². The summed E-state index contributed by atoms with van der Waals surface area (Å²) < 4.78 is 33.8. The number of carbonyl (C=O) groups excluding carboxylic acids is 2. The number of rotatable bonds is 8. The van der Waals surface area contributed by atoms with E-state index in [1.807, 2.05) is 17.5 Å². The monoisotopic (exact) mass is 600 g/mol. The molecule has 0 fully saturated rings. The quantitative estimate of drug-likeness (QED) is 0.257. The van der Waals surface area contributed by atoms with Gasteiger partial charge in [0.15, 0.2) is 40.3 Å². The van der Waals surface area contributed by atoms with E-state index in [4.69, 9.17) is 33.5 Å². The molecular weight excluding hydrogens is 572 g/mol. The van der Waals surface area contributed by atoms with Crippen LogP contribution in [-0.2, 0) is 5.54 Å². The summed E-state index contributed by atoms with van der Waals surface area (Å²) in [5.74, 6) is 1.56. The second kappa shape index (κ2) is 10.7. The lowest BCUT2D eigenvalue weighted by atomic mass is 9.68. The van der Waals surface area contributed by atoms with Crippen molar-refractivity contribution in [2.45, 2.75) is 5.54 Å². The third kappa shape index (κ3) is 3.95. The Labute approximate surface area is 252 Å². The molecule has 6 rings (SSSR count). The molecule has 1 aliphatic heterocycles. The maximum Gasteiger partial charge on any atom is 0.276 e. The van der Waals surface area contributed by atoms with Gasteiger partial charge in [-0.2, -0.15) is 5.10 Å². The van der Waals surface area contributed by atoms with Crippen LogP contribution in [0, 0.1) is 0 Å². The van der Waals surface area contributed by atoms with Gasteiger partial charge in [-0.05, 0) is 47.8 Å². The highest BCUT2D eigenvalue weighted by molar-refractivity contribution is 7.11. The van der Waals surface area contributed by atoms with Crippen molar-refractivity contribution in [2.75, 3.05) is 42.7 Å². The van der Waals surface area contributed by atoms with E-state index in [9.17, 15) is 9.59 Å². The van der Waals surface area contributed by atoms with Gasteiger partial charge in [-0.25, -0.2) is 5.01 Å². The minimum Gasteiger partial charge on any atom is -0.493 e. The summed E-state index contributed by atoms with van der Waals surface area (Å²) in [7, 11) is 9.05. The zero-order chi connectivity index (χ0) is 30.5. The van der Waals surface area contributed by atoms with Crippen LogP contribution in [0.2, 0.25) is 0 Å². The third-order valence-corrected chi connectivity index (χ3v) is 8.62. The lowest BCUT2D eigenvalue weighted by molar-refractivity contribution is 0.0675. The molecule has 0 unspecified atom stereocenters. The molecule has 2 aliphatic rings. The van der Waals surface area contributed by atoms with Gasteiger partial charge in [0.05, 0.1) is 54.4 Å². The molecule has 0 saturated heterocycles. The maximum absolute atomic E-state index is 14.5. The molecule has 3 aromatic carbocycles. The molecule has 2 heterocycles. The van der Waals surface area contributed by atoms with Gasteiger partial charge >= 0.3 is 0 Å². The number of hydrogen-bond acceptors (Lipinski definition) is 10. The Morgan fingerprint density at radius 3 is 1.49 bits per heavy atom. The molecule has 0 saturated carbocycles. The molecule has 0 radical (unpaired) electrons. The molecule has 1 aromatic heterocycles. The fourth-order valence-corrected chi connectivity index (χ4v) is 6.47.